The molecule has 0 atom stereocenters. The molecule has 0 aliphatic carbocycles. The summed E-state index contributed by atoms with van der Waals surface area (Å²) < 4.78 is 38.0. The number of carbonyl (C=O) groups is 1. The van der Waals surface area contributed by atoms with Gasteiger partial charge in [0.05, 0.1) is 30.0 Å². The van der Waals surface area contributed by atoms with Crippen molar-refractivity contribution < 1.29 is 27.5 Å². The van der Waals surface area contributed by atoms with Gasteiger partial charge in [0.2, 0.25) is 0 Å². The summed E-state index contributed by atoms with van der Waals surface area (Å²) in [6, 6.07) is 21.7. The third-order valence-corrected chi connectivity index (χ3v) is 8.81. The fourth-order valence-electron chi connectivity index (χ4n) is 4.70. The summed E-state index contributed by atoms with van der Waals surface area (Å²) in [5.41, 5.74) is 2.42. The highest BCUT2D eigenvalue weighted by atomic mass is 32.2. The Morgan fingerprint density at radius 3 is 2.28 bits per heavy atom. The molecule has 12 heteroatoms. The van der Waals surface area contributed by atoms with E-state index in [1.807, 2.05) is 30.3 Å². The Kier molecular flexibility index (Phi) is 9.38. The third kappa shape index (κ3) is 7.40. The van der Waals surface area contributed by atoms with Gasteiger partial charge in [-0.3, -0.25) is 4.79 Å². The van der Waals surface area contributed by atoms with Crippen LogP contribution in [-0.4, -0.2) is 63.6 Å². The van der Waals surface area contributed by atoms with Crippen molar-refractivity contribution in [3.05, 3.63) is 85.2 Å². The van der Waals surface area contributed by atoms with Crippen LogP contribution in [0.1, 0.15) is 12.8 Å². The molecule has 5 rings (SSSR count). The Hall–Kier alpha value is -4.68. The summed E-state index contributed by atoms with van der Waals surface area (Å²) in [6.45, 7) is 3.01. The number of likely N-dealkylation sites (tertiary alicyclic amines) is 1. The molecular weight excluding hydrogens is 570 g/mol. The number of nitrogens with zero attached hydrogens (tertiary/aromatic N) is 4. The maximum atomic E-state index is 13.2. The summed E-state index contributed by atoms with van der Waals surface area (Å²) in [7, 11) is -0.558. The summed E-state index contributed by atoms with van der Waals surface area (Å²) in [6.07, 6.45) is 3.78. The molecule has 1 aliphatic heterocycles. The maximum Gasteiger partial charge on any atom is 0.322 e. The number of methoxy groups -OCH3 is 1. The molecule has 0 unspecified atom stereocenters. The van der Waals surface area contributed by atoms with Gasteiger partial charge in [0, 0.05) is 17.3 Å². The number of hydrogen-bond donors (Lipinski definition) is 1. The highest BCUT2D eigenvalue weighted by Gasteiger charge is 2.27. The number of aromatic nitrogens is 2. The third-order valence-electron chi connectivity index (χ3n) is 7.21. The Morgan fingerprint density at radius 2 is 1.63 bits per heavy atom. The number of carbonyl (C=O) groups excluding carboxylic acids is 1. The normalized spacial score (nSPS) is 14.1. The van der Waals surface area contributed by atoms with Crippen LogP contribution in [0.25, 0.3) is 11.3 Å². The number of rotatable bonds is 12. The smallest absolute Gasteiger partial charge is 0.322 e. The van der Waals surface area contributed by atoms with Crippen LogP contribution in [-0.2, 0) is 19.7 Å². The lowest BCUT2D eigenvalue weighted by atomic mass is 9.98. The average Bonchev–Trinajstić information content (AvgIpc) is 3.04. The van der Waals surface area contributed by atoms with E-state index in [0.29, 0.717) is 27.6 Å². The van der Waals surface area contributed by atoms with Gasteiger partial charge in [-0.15, -0.1) is 0 Å². The van der Waals surface area contributed by atoms with Crippen molar-refractivity contribution in [3.8, 4) is 22.8 Å². The van der Waals surface area contributed by atoms with Crippen LogP contribution < -0.4 is 19.3 Å². The van der Waals surface area contributed by atoms with Crippen molar-refractivity contribution in [1.82, 2.24) is 14.9 Å². The second-order valence-electron chi connectivity index (χ2n) is 10.2. The summed E-state index contributed by atoms with van der Waals surface area (Å²) in [5.74, 6) is 2.46. The summed E-state index contributed by atoms with van der Waals surface area (Å²) >= 11 is 0. The van der Waals surface area contributed by atoms with E-state index in [0.717, 1.165) is 49.5 Å². The lowest BCUT2D eigenvalue weighted by Crippen LogP contribution is -2.32. The van der Waals surface area contributed by atoms with Gasteiger partial charge in [0.1, 0.15) is 23.6 Å². The van der Waals surface area contributed by atoms with Crippen LogP contribution in [0.5, 0.6) is 11.5 Å². The van der Waals surface area contributed by atoms with E-state index in [-0.39, 0.29) is 17.1 Å². The van der Waals surface area contributed by atoms with Gasteiger partial charge in [0.25, 0.3) is 10.0 Å². The van der Waals surface area contributed by atoms with E-state index in [2.05, 4.69) is 27.2 Å². The number of nitrogens with one attached hydrogen (secondary N) is 1. The zero-order valence-corrected chi connectivity index (χ0v) is 24.7. The molecule has 0 spiro atoms. The Labute approximate surface area is 251 Å². The van der Waals surface area contributed by atoms with Crippen molar-refractivity contribution in [1.29, 1.82) is 0 Å². The van der Waals surface area contributed by atoms with Crippen molar-refractivity contribution in [3.63, 3.8) is 0 Å². The molecule has 0 saturated carbocycles. The van der Waals surface area contributed by atoms with Gasteiger partial charge in [-0.05, 0) is 112 Å². The zero-order valence-electron chi connectivity index (χ0n) is 23.9. The molecule has 3 aromatic carbocycles. The van der Waals surface area contributed by atoms with Gasteiger partial charge in [-0.2, -0.15) is 8.42 Å². The standard InChI is InChI=1S/C31H33N5O6S/c1-35-17-15-23(16-18-35)20-41-28-9-3-24(4-10-28)30-19-31(33-21-32-30)34-25-5-7-26(8-6-25)36(42-22-37)43(38,39)29-13-11-27(40-2)12-14-29/h3-14,19,21-23H,15-18,20H2,1-2H3,(H,32,33,34). The molecule has 1 saturated heterocycles. The quantitative estimate of drug-likeness (QED) is 0.177. The van der Waals surface area contributed by atoms with E-state index < -0.39 is 10.0 Å². The number of piperidine rings is 1. The van der Waals surface area contributed by atoms with E-state index >= 15 is 0 Å². The SMILES string of the molecule is COc1ccc(S(=O)(=O)N(OC=O)c2ccc(Nc3cc(-c4ccc(OCC5CCN(C)CC5)cc4)ncn3)cc2)cc1. The molecular formula is C31H33N5O6S. The Balaban J connectivity index is 1.24. The molecule has 1 aliphatic rings. The average molecular weight is 604 g/mol. The fourth-order valence-corrected chi connectivity index (χ4v) is 5.92. The van der Waals surface area contributed by atoms with E-state index in [1.165, 1.54) is 49.8 Å². The second kappa shape index (κ2) is 13.5. The highest BCUT2D eigenvalue weighted by molar-refractivity contribution is 7.92. The lowest BCUT2D eigenvalue weighted by molar-refractivity contribution is -0.128. The van der Waals surface area contributed by atoms with Crippen LogP contribution in [0.3, 0.4) is 0 Å². The molecule has 11 nitrogen and oxygen atoms in total. The molecule has 43 heavy (non-hydrogen) atoms. The number of ether oxygens (including phenoxy) is 2. The first kappa shape index (κ1) is 29.8. The van der Waals surface area contributed by atoms with Crippen molar-refractivity contribution >= 4 is 33.7 Å². The summed E-state index contributed by atoms with van der Waals surface area (Å²) in [4.78, 5) is 27.0. The number of hydrogen-bond acceptors (Lipinski definition) is 10. The number of sulfonamides is 1. The number of benzene rings is 3. The minimum absolute atomic E-state index is 0.0595. The first-order valence-electron chi connectivity index (χ1n) is 13.8. The Bertz CT molecular complexity index is 1610. The largest absolute Gasteiger partial charge is 0.497 e. The van der Waals surface area contributed by atoms with Gasteiger partial charge >= 0.3 is 6.47 Å². The van der Waals surface area contributed by atoms with E-state index in [9.17, 15) is 13.2 Å². The molecule has 1 N–H and O–H groups in total. The predicted molar refractivity (Wildman–Crippen MR) is 163 cm³/mol. The van der Waals surface area contributed by atoms with Gasteiger partial charge in [-0.25, -0.2) is 9.97 Å². The van der Waals surface area contributed by atoms with Gasteiger partial charge < -0.3 is 24.5 Å². The van der Waals surface area contributed by atoms with Crippen molar-refractivity contribution in [2.24, 2.45) is 5.92 Å². The zero-order chi connectivity index (χ0) is 30.2. The topological polar surface area (TPSA) is 123 Å². The van der Waals surface area contributed by atoms with Gasteiger partial charge in [-0.1, -0.05) is 4.47 Å². The second-order valence-corrected chi connectivity index (χ2v) is 11.9. The fraction of sp³-hybridized carbons (Fsp3) is 0.258. The van der Waals surface area contributed by atoms with Crippen molar-refractivity contribution in [2.75, 3.05) is 43.6 Å². The minimum Gasteiger partial charge on any atom is -0.497 e. The van der Waals surface area contributed by atoms with Crippen LogP contribution in [0.4, 0.5) is 17.2 Å². The maximum absolute atomic E-state index is 13.2. The molecule has 224 valence electrons. The van der Waals surface area contributed by atoms with E-state index in [4.69, 9.17) is 14.3 Å². The molecule has 1 fully saturated rings. The molecule has 0 radical (unpaired) electrons. The molecule has 4 aromatic rings. The summed E-state index contributed by atoms with van der Waals surface area (Å²) in [5, 5.41) is 3.19. The monoisotopic (exact) mass is 603 g/mol. The number of anilines is 3. The Morgan fingerprint density at radius 1 is 0.953 bits per heavy atom. The first-order chi connectivity index (χ1) is 20.9. The molecule has 2 heterocycles. The lowest BCUT2D eigenvalue weighted by Gasteiger charge is -2.28. The molecule has 0 bridgehead atoms. The van der Waals surface area contributed by atoms with Crippen LogP contribution in [0.2, 0.25) is 0 Å². The van der Waals surface area contributed by atoms with Crippen LogP contribution in [0, 0.1) is 5.92 Å². The molecule has 0 amide bonds. The minimum atomic E-state index is -4.19. The van der Waals surface area contributed by atoms with E-state index in [1.54, 1.807) is 12.1 Å². The van der Waals surface area contributed by atoms with Crippen LogP contribution >= 0.6 is 0 Å². The van der Waals surface area contributed by atoms with Crippen molar-refractivity contribution in [2.45, 2.75) is 17.7 Å². The predicted octanol–water partition coefficient (Wildman–Crippen LogP) is 4.90. The van der Waals surface area contributed by atoms with Crippen LogP contribution in [0.15, 0.2) is 90.1 Å². The molecule has 1 aromatic heterocycles. The highest BCUT2D eigenvalue weighted by Crippen LogP contribution is 2.28. The van der Waals surface area contributed by atoms with Gasteiger partial charge in [0.15, 0.2) is 0 Å². The first-order valence-corrected chi connectivity index (χ1v) is 15.2.